The molecular formula is C10H11BrN2OS. The van der Waals surface area contributed by atoms with Gasteiger partial charge in [0, 0.05) is 10.7 Å². The van der Waals surface area contributed by atoms with Crippen LogP contribution >= 0.6 is 27.7 Å². The van der Waals surface area contributed by atoms with Crippen molar-refractivity contribution in [2.75, 3.05) is 11.1 Å². The molecule has 0 radical (unpaired) electrons. The van der Waals surface area contributed by atoms with Gasteiger partial charge < -0.3 is 5.32 Å². The number of pyridine rings is 1. The van der Waals surface area contributed by atoms with Crippen LogP contribution in [0.5, 0.6) is 0 Å². The molecule has 1 aliphatic heterocycles. The van der Waals surface area contributed by atoms with E-state index in [1.807, 2.05) is 6.07 Å². The lowest BCUT2D eigenvalue weighted by Gasteiger charge is -2.09. The molecule has 0 aliphatic carbocycles. The fraction of sp³-hybridized carbons (Fsp3) is 0.400. The molecule has 1 unspecified atom stereocenters. The number of amides is 1. The van der Waals surface area contributed by atoms with Crippen molar-refractivity contribution in [2.45, 2.75) is 18.1 Å². The summed E-state index contributed by atoms with van der Waals surface area (Å²) in [5.74, 6) is 1.19. The first kappa shape index (κ1) is 11.0. The number of rotatable bonds is 2. The summed E-state index contributed by atoms with van der Waals surface area (Å²) in [6.07, 6.45) is 5.47. The second-order valence-corrected chi connectivity index (χ2v) is 5.61. The van der Waals surface area contributed by atoms with Crippen LogP contribution in [0.4, 0.5) is 5.69 Å². The number of carbonyl (C=O) groups is 1. The van der Waals surface area contributed by atoms with Gasteiger partial charge in [-0.3, -0.25) is 9.78 Å². The molecule has 1 atom stereocenters. The number of hydrogen-bond acceptors (Lipinski definition) is 3. The normalized spacial score (nSPS) is 20.2. The standard InChI is InChI=1S/C10H11BrN2OS/c11-7-4-8(6-12-5-7)13-10(14)9-2-1-3-15-9/h4-6,9H,1-3H2,(H,13,14). The van der Waals surface area contributed by atoms with E-state index in [1.165, 1.54) is 0 Å². The summed E-state index contributed by atoms with van der Waals surface area (Å²) >= 11 is 5.05. The molecule has 2 rings (SSSR count). The van der Waals surface area contributed by atoms with Crippen LogP contribution in [0, 0.1) is 0 Å². The van der Waals surface area contributed by atoms with Crippen molar-refractivity contribution < 1.29 is 4.79 Å². The van der Waals surface area contributed by atoms with Gasteiger partial charge in [0.15, 0.2) is 0 Å². The van der Waals surface area contributed by atoms with Crippen molar-refractivity contribution >= 4 is 39.3 Å². The van der Waals surface area contributed by atoms with E-state index < -0.39 is 0 Å². The van der Waals surface area contributed by atoms with E-state index in [-0.39, 0.29) is 11.2 Å². The van der Waals surface area contributed by atoms with Crippen LogP contribution in [-0.2, 0) is 4.79 Å². The maximum absolute atomic E-state index is 11.8. The van der Waals surface area contributed by atoms with Gasteiger partial charge in [0.25, 0.3) is 0 Å². The van der Waals surface area contributed by atoms with E-state index in [0.717, 1.165) is 28.8 Å². The van der Waals surface area contributed by atoms with Crippen molar-refractivity contribution in [2.24, 2.45) is 0 Å². The van der Waals surface area contributed by atoms with E-state index in [0.29, 0.717) is 0 Å². The van der Waals surface area contributed by atoms with Gasteiger partial charge in [0.05, 0.1) is 17.1 Å². The highest BCUT2D eigenvalue weighted by molar-refractivity contribution is 9.10. The van der Waals surface area contributed by atoms with Crippen LogP contribution in [0.1, 0.15) is 12.8 Å². The molecule has 1 saturated heterocycles. The summed E-state index contributed by atoms with van der Waals surface area (Å²) in [5.41, 5.74) is 0.752. The first-order valence-corrected chi connectivity index (χ1v) is 6.63. The Morgan fingerprint density at radius 1 is 1.60 bits per heavy atom. The summed E-state index contributed by atoms with van der Waals surface area (Å²) in [4.78, 5) is 15.7. The minimum Gasteiger partial charge on any atom is -0.324 e. The Hall–Kier alpha value is -0.550. The molecule has 0 spiro atoms. The number of anilines is 1. The second kappa shape index (κ2) is 4.99. The minimum atomic E-state index is 0.0948. The largest absolute Gasteiger partial charge is 0.324 e. The third kappa shape index (κ3) is 2.95. The Bertz CT molecular complexity index is 366. The number of hydrogen-bond donors (Lipinski definition) is 1. The Morgan fingerprint density at radius 3 is 3.13 bits per heavy atom. The second-order valence-electron chi connectivity index (χ2n) is 3.38. The average molecular weight is 287 g/mol. The third-order valence-corrected chi connectivity index (χ3v) is 4.00. The fourth-order valence-electron chi connectivity index (χ4n) is 1.49. The molecule has 1 N–H and O–H groups in total. The van der Waals surface area contributed by atoms with Crippen LogP contribution in [0.2, 0.25) is 0 Å². The molecule has 2 heterocycles. The highest BCUT2D eigenvalue weighted by Crippen LogP contribution is 2.27. The highest BCUT2D eigenvalue weighted by Gasteiger charge is 2.23. The number of carbonyl (C=O) groups excluding carboxylic acids is 1. The van der Waals surface area contributed by atoms with Crippen LogP contribution in [0.25, 0.3) is 0 Å². The van der Waals surface area contributed by atoms with Gasteiger partial charge in [-0.25, -0.2) is 0 Å². The quantitative estimate of drug-likeness (QED) is 0.909. The molecule has 0 aromatic carbocycles. The maximum Gasteiger partial charge on any atom is 0.237 e. The Labute approximate surface area is 101 Å². The molecule has 1 aliphatic rings. The van der Waals surface area contributed by atoms with E-state index in [4.69, 9.17) is 0 Å². The summed E-state index contributed by atoms with van der Waals surface area (Å²) in [6.45, 7) is 0. The summed E-state index contributed by atoms with van der Waals surface area (Å²) in [6, 6.07) is 1.85. The van der Waals surface area contributed by atoms with Crippen LogP contribution in [0.3, 0.4) is 0 Å². The zero-order chi connectivity index (χ0) is 10.7. The van der Waals surface area contributed by atoms with Gasteiger partial charge in [-0.2, -0.15) is 0 Å². The topological polar surface area (TPSA) is 42.0 Å². The van der Waals surface area contributed by atoms with Crippen LogP contribution < -0.4 is 5.32 Å². The first-order valence-electron chi connectivity index (χ1n) is 4.79. The number of thioether (sulfide) groups is 1. The zero-order valence-corrected chi connectivity index (χ0v) is 10.5. The molecule has 3 nitrogen and oxygen atoms in total. The van der Waals surface area contributed by atoms with E-state index >= 15 is 0 Å². The molecule has 5 heteroatoms. The molecule has 1 amide bonds. The number of aromatic nitrogens is 1. The zero-order valence-electron chi connectivity index (χ0n) is 8.07. The summed E-state index contributed by atoms with van der Waals surface area (Å²) < 4.78 is 0.874. The predicted octanol–water partition coefficient (Wildman–Crippen LogP) is 2.68. The van der Waals surface area contributed by atoms with Crippen molar-refractivity contribution in [3.63, 3.8) is 0 Å². The van der Waals surface area contributed by atoms with E-state index in [2.05, 4.69) is 26.2 Å². The molecule has 1 aromatic heterocycles. The average Bonchev–Trinajstić information content (AvgIpc) is 2.70. The van der Waals surface area contributed by atoms with E-state index in [1.54, 1.807) is 24.2 Å². The lowest BCUT2D eigenvalue weighted by molar-refractivity contribution is -0.115. The highest BCUT2D eigenvalue weighted by atomic mass is 79.9. The van der Waals surface area contributed by atoms with Gasteiger partial charge in [-0.15, -0.1) is 11.8 Å². The lowest BCUT2D eigenvalue weighted by Crippen LogP contribution is -2.22. The molecule has 15 heavy (non-hydrogen) atoms. The van der Waals surface area contributed by atoms with Gasteiger partial charge in [-0.1, -0.05) is 0 Å². The Balaban J connectivity index is 1.99. The monoisotopic (exact) mass is 286 g/mol. The van der Waals surface area contributed by atoms with E-state index in [9.17, 15) is 4.79 Å². The predicted molar refractivity (Wildman–Crippen MR) is 66.0 cm³/mol. The molecule has 0 bridgehead atoms. The smallest absolute Gasteiger partial charge is 0.237 e. The number of nitrogens with zero attached hydrogens (tertiary/aromatic N) is 1. The fourth-order valence-corrected chi connectivity index (χ4v) is 3.01. The molecule has 80 valence electrons. The van der Waals surface area contributed by atoms with Gasteiger partial charge in [-0.05, 0) is 40.6 Å². The number of halogens is 1. The van der Waals surface area contributed by atoms with Crippen molar-refractivity contribution in [3.05, 3.63) is 22.9 Å². The number of nitrogens with one attached hydrogen (secondary N) is 1. The Kier molecular flexibility index (Phi) is 3.64. The van der Waals surface area contributed by atoms with Gasteiger partial charge in [0.2, 0.25) is 5.91 Å². The SMILES string of the molecule is O=C(Nc1cncc(Br)c1)C1CCCS1. The van der Waals surface area contributed by atoms with Crippen LogP contribution in [-0.4, -0.2) is 21.9 Å². The molecular weight excluding hydrogens is 276 g/mol. The lowest BCUT2D eigenvalue weighted by atomic mass is 10.2. The summed E-state index contributed by atoms with van der Waals surface area (Å²) in [7, 11) is 0. The first-order chi connectivity index (χ1) is 7.25. The van der Waals surface area contributed by atoms with Crippen molar-refractivity contribution in [1.82, 2.24) is 4.98 Å². The third-order valence-electron chi connectivity index (χ3n) is 2.19. The van der Waals surface area contributed by atoms with Gasteiger partial charge in [0.1, 0.15) is 0 Å². The minimum absolute atomic E-state index is 0.0948. The van der Waals surface area contributed by atoms with Crippen molar-refractivity contribution in [1.29, 1.82) is 0 Å². The molecule has 0 saturated carbocycles. The van der Waals surface area contributed by atoms with Gasteiger partial charge >= 0.3 is 0 Å². The summed E-state index contributed by atoms with van der Waals surface area (Å²) in [5, 5.41) is 2.99. The molecule has 1 aromatic rings. The van der Waals surface area contributed by atoms with Crippen molar-refractivity contribution in [3.8, 4) is 0 Å². The maximum atomic E-state index is 11.8. The van der Waals surface area contributed by atoms with Crippen LogP contribution in [0.15, 0.2) is 22.9 Å². The molecule has 1 fully saturated rings. The Morgan fingerprint density at radius 2 is 2.47 bits per heavy atom.